The van der Waals surface area contributed by atoms with Gasteiger partial charge in [0.15, 0.2) is 4.80 Å². The number of thiazole rings is 1. The number of benzene rings is 2. The van der Waals surface area contributed by atoms with Gasteiger partial charge in [0.2, 0.25) is 0 Å². The summed E-state index contributed by atoms with van der Waals surface area (Å²) >= 11 is 7.35. The van der Waals surface area contributed by atoms with Crippen molar-refractivity contribution in [1.29, 1.82) is 0 Å². The first-order chi connectivity index (χ1) is 12.0. The number of carbonyl (C=O) groups excluding carboxylic acids is 1. The average Bonchev–Trinajstić information content (AvgIpc) is 2.89. The summed E-state index contributed by atoms with van der Waals surface area (Å²) in [7, 11) is 3.56. The maximum Gasteiger partial charge on any atom is 0.279 e. The van der Waals surface area contributed by atoms with Crippen LogP contribution in [0, 0.1) is 6.92 Å². The number of hydrogen-bond acceptors (Lipinski definition) is 3. The topological polar surface area (TPSA) is 43.6 Å². The van der Waals surface area contributed by atoms with Crippen LogP contribution in [0.3, 0.4) is 0 Å². The van der Waals surface area contributed by atoms with Crippen molar-refractivity contribution < 1.29 is 9.53 Å². The number of aromatic nitrogens is 1. The van der Waals surface area contributed by atoms with E-state index in [1.54, 1.807) is 31.4 Å². The highest BCUT2D eigenvalue weighted by Gasteiger charge is 2.12. The van der Waals surface area contributed by atoms with Crippen LogP contribution in [0.2, 0.25) is 5.02 Å². The number of aryl methyl sites for hydroxylation is 1. The molecule has 0 bridgehead atoms. The minimum absolute atomic E-state index is 0.283. The molecule has 0 fully saturated rings. The van der Waals surface area contributed by atoms with Crippen molar-refractivity contribution in [2.75, 3.05) is 7.11 Å². The van der Waals surface area contributed by atoms with Crippen LogP contribution in [0.4, 0.5) is 0 Å². The van der Waals surface area contributed by atoms with E-state index in [9.17, 15) is 4.79 Å². The second-order valence-corrected chi connectivity index (χ2v) is 7.12. The van der Waals surface area contributed by atoms with E-state index in [4.69, 9.17) is 16.3 Å². The molecule has 3 aromatic rings. The minimum Gasteiger partial charge on any atom is -0.497 e. The standard InChI is InChI=1S/C19H17ClN2O2S/c1-12-17(13-6-10-16(24-3)11-7-13)22(2)19(25-12)21-18(23)14-4-8-15(20)9-5-14/h4-11H,1-3H3. The van der Waals surface area contributed by atoms with Crippen LogP contribution >= 0.6 is 22.9 Å². The van der Waals surface area contributed by atoms with Gasteiger partial charge in [-0.05, 0) is 61.0 Å². The Labute approximate surface area is 155 Å². The lowest BCUT2D eigenvalue weighted by atomic mass is 10.1. The first-order valence-electron chi connectivity index (χ1n) is 7.65. The zero-order valence-corrected chi connectivity index (χ0v) is 15.7. The molecule has 0 aliphatic rings. The number of carbonyl (C=O) groups is 1. The summed E-state index contributed by atoms with van der Waals surface area (Å²) in [4.78, 5) is 18.4. The monoisotopic (exact) mass is 372 g/mol. The lowest BCUT2D eigenvalue weighted by molar-refractivity contribution is 0.0998. The van der Waals surface area contributed by atoms with Crippen LogP contribution in [-0.2, 0) is 7.05 Å². The maximum absolute atomic E-state index is 12.4. The van der Waals surface area contributed by atoms with E-state index in [1.165, 1.54) is 11.3 Å². The van der Waals surface area contributed by atoms with E-state index < -0.39 is 0 Å². The second kappa shape index (κ2) is 7.25. The molecule has 0 radical (unpaired) electrons. The van der Waals surface area contributed by atoms with E-state index in [0.717, 1.165) is 21.9 Å². The second-order valence-electron chi connectivity index (χ2n) is 5.50. The van der Waals surface area contributed by atoms with Crippen molar-refractivity contribution in [2.24, 2.45) is 12.0 Å². The molecule has 0 atom stereocenters. The number of ether oxygens (including phenoxy) is 1. The minimum atomic E-state index is -0.283. The molecular weight excluding hydrogens is 356 g/mol. The van der Waals surface area contributed by atoms with Crippen LogP contribution in [0.25, 0.3) is 11.3 Å². The van der Waals surface area contributed by atoms with E-state index in [2.05, 4.69) is 4.99 Å². The molecule has 3 rings (SSSR count). The van der Waals surface area contributed by atoms with Gasteiger partial charge in [-0.3, -0.25) is 4.79 Å². The molecule has 1 amide bonds. The highest BCUT2D eigenvalue weighted by molar-refractivity contribution is 7.09. The molecule has 25 heavy (non-hydrogen) atoms. The molecule has 0 saturated carbocycles. The van der Waals surface area contributed by atoms with Crippen LogP contribution in [0.15, 0.2) is 53.5 Å². The molecule has 1 aromatic heterocycles. The number of methoxy groups -OCH3 is 1. The van der Waals surface area contributed by atoms with Crippen LogP contribution in [-0.4, -0.2) is 17.6 Å². The Balaban J connectivity index is 2.01. The fourth-order valence-corrected chi connectivity index (χ4v) is 3.68. The first-order valence-corrected chi connectivity index (χ1v) is 8.84. The van der Waals surface area contributed by atoms with Crippen molar-refractivity contribution >= 4 is 28.8 Å². The van der Waals surface area contributed by atoms with Gasteiger partial charge >= 0.3 is 0 Å². The Bertz CT molecular complexity index is 970. The average molecular weight is 373 g/mol. The Morgan fingerprint density at radius 1 is 1.12 bits per heavy atom. The normalized spacial score (nSPS) is 11.6. The molecule has 0 spiro atoms. The zero-order valence-electron chi connectivity index (χ0n) is 14.1. The quantitative estimate of drug-likeness (QED) is 0.681. The Hall–Kier alpha value is -2.37. The summed E-state index contributed by atoms with van der Waals surface area (Å²) in [6, 6.07) is 14.6. The molecule has 1 heterocycles. The summed E-state index contributed by atoms with van der Waals surface area (Å²) < 4.78 is 7.14. The largest absolute Gasteiger partial charge is 0.497 e. The summed E-state index contributed by atoms with van der Waals surface area (Å²) in [5.41, 5.74) is 2.61. The molecule has 0 N–H and O–H groups in total. The highest BCUT2D eigenvalue weighted by atomic mass is 35.5. The van der Waals surface area contributed by atoms with Crippen molar-refractivity contribution in [1.82, 2.24) is 4.57 Å². The molecule has 2 aromatic carbocycles. The van der Waals surface area contributed by atoms with Gasteiger partial charge in [0.05, 0.1) is 12.8 Å². The maximum atomic E-state index is 12.4. The first kappa shape index (κ1) is 17.5. The van der Waals surface area contributed by atoms with E-state index in [1.807, 2.05) is 42.8 Å². The van der Waals surface area contributed by atoms with Crippen molar-refractivity contribution in [3.8, 4) is 17.0 Å². The number of halogens is 1. The summed E-state index contributed by atoms with van der Waals surface area (Å²) in [5.74, 6) is 0.525. The van der Waals surface area contributed by atoms with Gasteiger partial charge in [-0.1, -0.05) is 11.6 Å². The van der Waals surface area contributed by atoms with E-state index in [0.29, 0.717) is 15.4 Å². The van der Waals surface area contributed by atoms with Gasteiger partial charge in [-0.25, -0.2) is 0 Å². The van der Waals surface area contributed by atoms with E-state index in [-0.39, 0.29) is 5.91 Å². The Morgan fingerprint density at radius 2 is 1.76 bits per heavy atom. The van der Waals surface area contributed by atoms with Crippen LogP contribution < -0.4 is 9.54 Å². The van der Waals surface area contributed by atoms with Crippen molar-refractivity contribution in [3.05, 3.63) is 68.8 Å². The predicted molar refractivity (Wildman–Crippen MR) is 101 cm³/mol. The number of nitrogens with zero attached hydrogens (tertiary/aromatic N) is 2. The molecule has 0 saturated heterocycles. The van der Waals surface area contributed by atoms with Gasteiger partial charge in [0.25, 0.3) is 5.91 Å². The van der Waals surface area contributed by atoms with Gasteiger partial charge in [0, 0.05) is 22.5 Å². The molecular formula is C19H17ClN2O2S. The van der Waals surface area contributed by atoms with E-state index >= 15 is 0 Å². The number of rotatable bonds is 3. The molecule has 128 valence electrons. The Kier molecular flexibility index (Phi) is 5.06. The lowest BCUT2D eigenvalue weighted by Gasteiger charge is -2.06. The lowest BCUT2D eigenvalue weighted by Crippen LogP contribution is -2.14. The van der Waals surface area contributed by atoms with Crippen molar-refractivity contribution in [3.63, 3.8) is 0 Å². The fraction of sp³-hybridized carbons (Fsp3) is 0.158. The summed E-state index contributed by atoms with van der Waals surface area (Å²) in [6.07, 6.45) is 0. The van der Waals surface area contributed by atoms with Gasteiger partial charge < -0.3 is 9.30 Å². The van der Waals surface area contributed by atoms with Gasteiger partial charge in [-0.15, -0.1) is 11.3 Å². The number of hydrogen-bond donors (Lipinski definition) is 0. The highest BCUT2D eigenvalue weighted by Crippen LogP contribution is 2.26. The molecule has 4 nitrogen and oxygen atoms in total. The smallest absolute Gasteiger partial charge is 0.279 e. The molecule has 6 heteroatoms. The molecule has 0 aliphatic heterocycles. The fourth-order valence-electron chi connectivity index (χ4n) is 2.57. The molecule has 0 aliphatic carbocycles. The third-order valence-corrected chi connectivity index (χ3v) is 5.15. The Morgan fingerprint density at radius 3 is 2.36 bits per heavy atom. The third-order valence-electron chi connectivity index (χ3n) is 3.85. The summed E-state index contributed by atoms with van der Waals surface area (Å²) in [5, 5.41) is 0.593. The SMILES string of the molecule is COc1ccc(-c2c(C)sc(=NC(=O)c3ccc(Cl)cc3)n2C)cc1. The zero-order chi connectivity index (χ0) is 18.0. The van der Waals surface area contributed by atoms with Gasteiger partial charge in [-0.2, -0.15) is 4.99 Å². The predicted octanol–water partition coefficient (Wildman–Crippen LogP) is 4.47. The van der Waals surface area contributed by atoms with Gasteiger partial charge in [0.1, 0.15) is 5.75 Å². The van der Waals surface area contributed by atoms with Crippen LogP contribution in [0.5, 0.6) is 5.75 Å². The number of amides is 1. The van der Waals surface area contributed by atoms with Crippen molar-refractivity contribution in [2.45, 2.75) is 6.92 Å². The van der Waals surface area contributed by atoms with Crippen LogP contribution in [0.1, 0.15) is 15.2 Å². The third kappa shape index (κ3) is 3.67. The summed E-state index contributed by atoms with van der Waals surface area (Å²) in [6.45, 7) is 2.02. The molecule has 0 unspecified atom stereocenters.